The van der Waals surface area contributed by atoms with Crippen molar-refractivity contribution in [2.24, 2.45) is 0 Å². The van der Waals surface area contributed by atoms with Crippen LogP contribution in [0.25, 0.3) is 5.69 Å². The minimum absolute atomic E-state index is 0.137. The van der Waals surface area contributed by atoms with E-state index < -0.39 is 0 Å². The molecule has 0 saturated carbocycles. The fourth-order valence-corrected chi connectivity index (χ4v) is 3.05. The summed E-state index contributed by atoms with van der Waals surface area (Å²) >= 11 is 0. The number of aryl methyl sites for hydroxylation is 1. The van der Waals surface area contributed by atoms with E-state index in [1.165, 1.54) is 23.0 Å². The lowest BCUT2D eigenvalue weighted by molar-refractivity contribution is 0.0919. The number of benzene rings is 2. The number of ether oxygens (including phenoxy) is 1. The molecule has 0 fully saturated rings. The molecule has 4 rings (SSSR count). The first-order chi connectivity index (χ1) is 12.6. The van der Waals surface area contributed by atoms with E-state index >= 15 is 0 Å². The summed E-state index contributed by atoms with van der Waals surface area (Å²) in [7, 11) is 0. The van der Waals surface area contributed by atoms with E-state index in [1.807, 2.05) is 25.1 Å². The molecule has 0 spiro atoms. The molecular weight excluding hydrogens is 335 g/mol. The summed E-state index contributed by atoms with van der Waals surface area (Å²) < 4.78 is 20.2. The smallest absolute Gasteiger partial charge is 0.273 e. The van der Waals surface area contributed by atoms with Gasteiger partial charge >= 0.3 is 0 Å². The summed E-state index contributed by atoms with van der Waals surface area (Å²) in [4.78, 5) is 12.6. The van der Waals surface area contributed by atoms with Gasteiger partial charge in [-0.15, -0.1) is 5.10 Å². The first kappa shape index (κ1) is 16.3. The first-order valence-corrected chi connectivity index (χ1v) is 8.33. The number of hydrogen-bond acceptors (Lipinski definition) is 4. The van der Waals surface area contributed by atoms with Gasteiger partial charge in [0.15, 0.2) is 5.69 Å². The normalized spacial score (nSPS) is 15.8. The van der Waals surface area contributed by atoms with E-state index in [4.69, 9.17) is 4.74 Å². The Morgan fingerprint density at radius 2 is 2.08 bits per heavy atom. The number of nitrogens with zero attached hydrogens (tertiary/aromatic N) is 3. The fraction of sp³-hybridized carbons (Fsp3) is 0.211. The highest BCUT2D eigenvalue weighted by Crippen LogP contribution is 2.34. The van der Waals surface area contributed by atoms with Gasteiger partial charge in [-0.3, -0.25) is 4.79 Å². The highest BCUT2D eigenvalue weighted by atomic mass is 19.1. The number of para-hydroxylation sites is 1. The van der Waals surface area contributed by atoms with Crippen molar-refractivity contribution < 1.29 is 13.9 Å². The molecule has 2 aromatic carbocycles. The van der Waals surface area contributed by atoms with Crippen molar-refractivity contribution >= 4 is 5.91 Å². The van der Waals surface area contributed by atoms with Crippen LogP contribution in [-0.4, -0.2) is 27.5 Å². The highest BCUT2D eigenvalue weighted by molar-refractivity contribution is 5.92. The second kappa shape index (κ2) is 6.59. The zero-order chi connectivity index (χ0) is 18.1. The first-order valence-electron chi connectivity index (χ1n) is 8.33. The molecule has 0 radical (unpaired) electrons. The van der Waals surface area contributed by atoms with Crippen LogP contribution in [0.2, 0.25) is 0 Å². The van der Waals surface area contributed by atoms with Crippen molar-refractivity contribution in [3.05, 3.63) is 71.3 Å². The van der Waals surface area contributed by atoms with Crippen LogP contribution in [0.15, 0.2) is 48.7 Å². The minimum Gasteiger partial charge on any atom is -0.493 e. The number of halogens is 1. The number of fused-ring (bicyclic) bond motifs is 1. The van der Waals surface area contributed by atoms with Crippen LogP contribution in [-0.2, 0) is 0 Å². The maximum absolute atomic E-state index is 13.0. The molecule has 2 heterocycles. The van der Waals surface area contributed by atoms with Gasteiger partial charge in [0, 0.05) is 12.0 Å². The van der Waals surface area contributed by atoms with Crippen molar-refractivity contribution in [3.8, 4) is 11.4 Å². The quantitative estimate of drug-likeness (QED) is 0.787. The molecule has 7 heteroatoms. The number of rotatable bonds is 3. The van der Waals surface area contributed by atoms with Crippen LogP contribution in [0.4, 0.5) is 4.39 Å². The largest absolute Gasteiger partial charge is 0.493 e. The SMILES string of the molecule is Cc1cccc2c1OCC[C@H]2NC(=O)c1cn(-c2ccc(F)cc2)nn1. The molecule has 1 aromatic heterocycles. The second-order valence-corrected chi connectivity index (χ2v) is 6.18. The molecule has 1 amide bonds. The molecule has 0 unspecified atom stereocenters. The summed E-state index contributed by atoms with van der Waals surface area (Å²) in [6.45, 7) is 2.53. The molecule has 1 N–H and O–H groups in total. The molecule has 132 valence electrons. The average Bonchev–Trinajstić information content (AvgIpc) is 3.13. The molecule has 6 nitrogen and oxygen atoms in total. The van der Waals surface area contributed by atoms with E-state index in [-0.39, 0.29) is 23.5 Å². The summed E-state index contributed by atoms with van der Waals surface area (Å²) in [6.07, 6.45) is 2.22. The molecule has 3 aromatic rings. The Balaban J connectivity index is 1.53. The van der Waals surface area contributed by atoms with Crippen LogP contribution in [0, 0.1) is 12.7 Å². The van der Waals surface area contributed by atoms with Gasteiger partial charge in [0.25, 0.3) is 5.91 Å². The fourth-order valence-electron chi connectivity index (χ4n) is 3.05. The molecule has 0 aliphatic carbocycles. The number of aromatic nitrogens is 3. The van der Waals surface area contributed by atoms with Crippen LogP contribution in [0.3, 0.4) is 0 Å². The lowest BCUT2D eigenvalue weighted by Crippen LogP contribution is -2.32. The van der Waals surface area contributed by atoms with Gasteiger partial charge < -0.3 is 10.1 Å². The van der Waals surface area contributed by atoms with E-state index in [2.05, 4.69) is 15.6 Å². The van der Waals surface area contributed by atoms with Crippen molar-refractivity contribution in [1.82, 2.24) is 20.3 Å². The van der Waals surface area contributed by atoms with E-state index in [0.29, 0.717) is 18.7 Å². The van der Waals surface area contributed by atoms with Gasteiger partial charge in [0.1, 0.15) is 11.6 Å². The Bertz CT molecular complexity index is 952. The zero-order valence-corrected chi connectivity index (χ0v) is 14.1. The average molecular weight is 352 g/mol. The maximum Gasteiger partial charge on any atom is 0.273 e. The van der Waals surface area contributed by atoms with Gasteiger partial charge in [-0.1, -0.05) is 23.4 Å². The van der Waals surface area contributed by atoms with E-state index in [1.54, 1.807) is 12.1 Å². The van der Waals surface area contributed by atoms with Gasteiger partial charge in [0.05, 0.1) is 24.5 Å². The lowest BCUT2D eigenvalue weighted by Gasteiger charge is -2.27. The van der Waals surface area contributed by atoms with Crippen LogP contribution < -0.4 is 10.1 Å². The number of carbonyl (C=O) groups is 1. The zero-order valence-electron chi connectivity index (χ0n) is 14.1. The third kappa shape index (κ3) is 3.03. The Kier molecular flexibility index (Phi) is 4.12. The van der Waals surface area contributed by atoms with Crippen LogP contribution in [0.1, 0.15) is 34.1 Å². The van der Waals surface area contributed by atoms with Crippen molar-refractivity contribution in [3.63, 3.8) is 0 Å². The maximum atomic E-state index is 13.0. The summed E-state index contributed by atoms with van der Waals surface area (Å²) in [6, 6.07) is 11.6. The molecule has 1 aliphatic rings. The van der Waals surface area contributed by atoms with Gasteiger partial charge in [-0.05, 0) is 36.8 Å². The van der Waals surface area contributed by atoms with Crippen molar-refractivity contribution in [2.45, 2.75) is 19.4 Å². The Morgan fingerprint density at radius 1 is 1.27 bits per heavy atom. The summed E-state index contributed by atoms with van der Waals surface area (Å²) in [5.41, 5.74) is 2.85. The Hall–Kier alpha value is -3.22. The predicted molar refractivity (Wildman–Crippen MR) is 92.8 cm³/mol. The second-order valence-electron chi connectivity index (χ2n) is 6.18. The van der Waals surface area contributed by atoms with Crippen LogP contribution in [0.5, 0.6) is 5.75 Å². The summed E-state index contributed by atoms with van der Waals surface area (Å²) in [5.74, 6) is 0.192. The monoisotopic (exact) mass is 352 g/mol. The topological polar surface area (TPSA) is 69.0 Å². The number of amides is 1. The molecule has 1 aliphatic heterocycles. The molecule has 0 saturated heterocycles. The highest BCUT2D eigenvalue weighted by Gasteiger charge is 2.25. The van der Waals surface area contributed by atoms with E-state index in [9.17, 15) is 9.18 Å². The Morgan fingerprint density at radius 3 is 2.88 bits per heavy atom. The predicted octanol–water partition coefficient (Wildman–Crippen LogP) is 2.97. The number of nitrogens with one attached hydrogen (secondary N) is 1. The van der Waals surface area contributed by atoms with Crippen molar-refractivity contribution in [1.29, 1.82) is 0 Å². The molecule has 0 bridgehead atoms. The van der Waals surface area contributed by atoms with Gasteiger partial charge in [-0.25, -0.2) is 9.07 Å². The standard InChI is InChI=1S/C19H17FN4O2/c1-12-3-2-4-15-16(9-10-26-18(12)15)21-19(25)17-11-24(23-22-17)14-7-5-13(20)6-8-14/h2-8,11,16H,9-10H2,1H3,(H,21,25)/t16-/m1/s1. The van der Waals surface area contributed by atoms with Gasteiger partial charge in [0.2, 0.25) is 0 Å². The number of carbonyl (C=O) groups excluding carboxylic acids is 1. The summed E-state index contributed by atoms with van der Waals surface area (Å²) in [5, 5.41) is 10.9. The van der Waals surface area contributed by atoms with Crippen LogP contribution >= 0.6 is 0 Å². The minimum atomic E-state index is -0.333. The third-order valence-corrected chi connectivity index (χ3v) is 4.39. The molecule has 26 heavy (non-hydrogen) atoms. The van der Waals surface area contributed by atoms with Gasteiger partial charge in [-0.2, -0.15) is 0 Å². The Labute approximate surface area is 149 Å². The number of hydrogen-bond donors (Lipinski definition) is 1. The van der Waals surface area contributed by atoms with Crippen molar-refractivity contribution in [2.75, 3.05) is 6.61 Å². The molecule has 1 atom stereocenters. The van der Waals surface area contributed by atoms with E-state index in [0.717, 1.165) is 16.9 Å². The third-order valence-electron chi connectivity index (χ3n) is 4.39. The molecular formula is C19H17FN4O2. The lowest BCUT2D eigenvalue weighted by atomic mass is 9.98.